The normalized spacial score (nSPS) is 15.2. The number of carbonyl (C=O) groups excluding carboxylic acids is 2. The van der Waals surface area contributed by atoms with Crippen LogP contribution in [0.5, 0.6) is 11.5 Å². The first-order valence-electron chi connectivity index (χ1n) is 9.06. The molecule has 8 heteroatoms. The van der Waals surface area contributed by atoms with Crippen molar-refractivity contribution < 1.29 is 19.1 Å². The zero-order valence-electron chi connectivity index (χ0n) is 16.0. The van der Waals surface area contributed by atoms with Gasteiger partial charge in [0, 0.05) is 11.6 Å². The largest absolute Gasteiger partial charge is 0.497 e. The number of nitrogens with one attached hydrogen (secondary N) is 2. The molecule has 3 aromatic rings. The highest BCUT2D eigenvalue weighted by Gasteiger charge is 2.32. The van der Waals surface area contributed by atoms with Gasteiger partial charge in [-0.1, -0.05) is 12.1 Å². The standard InChI is InChI=1S/C21H20N4O4/c1-28-14-9-7-13(8-10-14)16-11-19-23-20(26)12-17(25(19)24-16)21(27)22-15-5-3-4-6-18(15)29-2/h3-11,17H,12H2,1-2H3,(H,22,27)(H,23,26)/t17-/m1/s1. The van der Waals surface area contributed by atoms with Gasteiger partial charge in [0.05, 0.1) is 32.0 Å². The molecule has 0 bridgehead atoms. The van der Waals surface area contributed by atoms with Crippen molar-refractivity contribution in [1.29, 1.82) is 0 Å². The maximum absolute atomic E-state index is 12.9. The van der Waals surface area contributed by atoms with Gasteiger partial charge in [0.15, 0.2) is 0 Å². The average Bonchev–Trinajstić information content (AvgIpc) is 3.17. The van der Waals surface area contributed by atoms with Crippen molar-refractivity contribution in [2.75, 3.05) is 24.9 Å². The van der Waals surface area contributed by atoms with Crippen molar-refractivity contribution in [1.82, 2.24) is 9.78 Å². The third kappa shape index (κ3) is 3.64. The minimum atomic E-state index is -0.768. The van der Waals surface area contributed by atoms with Crippen LogP contribution in [0.2, 0.25) is 0 Å². The van der Waals surface area contributed by atoms with E-state index < -0.39 is 6.04 Å². The van der Waals surface area contributed by atoms with Crippen molar-refractivity contribution in [2.24, 2.45) is 0 Å². The molecule has 0 saturated carbocycles. The number of carbonyl (C=O) groups is 2. The molecule has 148 valence electrons. The second-order valence-electron chi connectivity index (χ2n) is 6.55. The van der Waals surface area contributed by atoms with Crippen LogP contribution in [0.1, 0.15) is 12.5 Å². The number of methoxy groups -OCH3 is 2. The number of fused-ring (bicyclic) bond motifs is 1. The number of anilines is 2. The van der Waals surface area contributed by atoms with Gasteiger partial charge in [0.1, 0.15) is 23.4 Å². The van der Waals surface area contributed by atoms with Gasteiger partial charge in [0.25, 0.3) is 0 Å². The Morgan fingerprint density at radius 2 is 1.90 bits per heavy atom. The quantitative estimate of drug-likeness (QED) is 0.696. The van der Waals surface area contributed by atoms with Gasteiger partial charge in [-0.05, 0) is 36.4 Å². The van der Waals surface area contributed by atoms with Gasteiger partial charge >= 0.3 is 0 Å². The van der Waals surface area contributed by atoms with Crippen molar-refractivity contribution in [3.05, 3.63) is 54.6 Å². The van der Waals surface area contributed by atoms with E-state index in [1.54, 1.807) is 36.1 Å². The van der Waals surface area contributed by atoms with Crippen LogP contribution >= 0.6 is 0 Å². The monoisotopic (exact) mass is 392 g/mol. The van der Waals surface area contributed by atoms with Crippen LogP contribution in [-0.2, 0) is 9.59 Å². The van der Waals surface area contributed by atoms with Crippen LogP contribution in [0.15, 0.2) is 54.6 Å². The molecule has 2 heterocycles. The van der Waals surface area contributed by atoms with Gasteiger partial charge < -0.3 is 20.1 Å². The predicted octanol–water partition coefficient (Wildman–Crippen LogP) is 3.09. The smallest absolute Gasteiger partial charge is 0.249 e. The molecule has 4 rings (SSSR count). The van der Waals surface area contributed by atoms with Crippen LogP contribution in [0, 0.1) is 0 Å². The maximum Gasteiger partial charge on any atom is 0.249 e. The van der Waals surface area contributed by atoms with E-state index >= 15 is 0 Å². The third-order valence-corrected chi connectivity index (χ3v) is 4.73. The highest BCUT2D eigenvalue weighted by molar-refractivity contribution is 6.02. The Morgan fingerprint density at radius 3 is 2.62 bits per heavy atom. The Bertz CT molecular complexity index is 1060. The van der Waals surface area contributed by atoms with E-state index in [1.165, 1.54) is 7.11 Å². The first kappa shape index (κ1) is 18.5. The molecule has 0 aliphatic carbocycles. The zero-order chi connectivity index (χ0) is 20.4. The molecular formula is C21H20N4O4. The van der Waals surface area contributed by atoms with Crippen LogP contribution in [0.3, 0.4) is 0 Å². The van der Waals surface area contributed by atoms with Crippen LogP contribution in [0.25, 0.3) is 11.3 Å². The fourth-order valence-electron chi connectivity index (χ4n) is 3.25. The summed E-state index contributed by atoms with van der Waals surface area (Å²) in [7, 11) is 3.14. The van der Waals surface area contributed by atoms with Crippen molar-refractivity contribution in [3.8, 4) is 22.8 Å². The summed E-state index contributed by atoms with van der Waals surface area (Å²) in [6, 6.07) is 15.5. The van der Waals surface area contributed by atoms with Gasteiger partial charge in [-0.2, -0.15) is 5.10 Å². The second kappa shape index (κ2) is 7.67. The molecule has 2 amide bonds. The molecular weight excluding hydrogens is 372 g/mol. The Labute approximate surface area is 167 Å². The van der Waals surface area contributed by atoms with Gasteiger partial charge in [0.2, 0.25) is 11.8 Å². The predicted molar refractivity (Wildman–Crippen MR) is 108 cm³/mol. The summed E-state index contributed by atoms with van der Waals surface area (Å²) in [5.41, 5.74) is 2.04. The molecule has 0 radical (unpaired) electrons. The van der Waals surface area contributed by atoms with E-state index in [2.05, 4.69) is 15.7 Å². The number of amides is 2. The first-order valence-corrected chi connectivity index (χ1v) is 9.06. The lowest BCUT2D eigenvalue weighted by Gasteiger charge is -2.24. The molecule has 0 spiro atoms. The lowest BCUT2D eigenvalue weighted by atomic mass is 10.1. The second-order valence-corrected chi connectivity index (χ2v) is 6.55. The SMILES string of the molecule is COc1ccc(-c2cc3n(n2)[C@@H](C(=O)Nc2ccccc2OC)CC(=O)N3)cc1. The highest BCUT2D eigenvalue weighted by Crippen LogP contribution is 2.32. The van der Waals surface area contributed by atoms with E-state index in [0.29, 0.717) is 22.9 Å². The minimum absolute atomic E-state index is 0.00227. The Kier molecular flexibility index (Phi) is 4.90. The first-order chi connectivity index (χ1) is 14.1. The summed E-state index contributed by atoms with van der Waals surface area (Å²) in [6.45, 7) is 0. The van der Waals surface area contributed by atoms with Gasteiger partial charge in [-0.3, -0.25) is 9.59 Å². The highest BCUT2D eigenvalue weighted by atomic mass is 16.5. The lowest BCUT2D eigenvalue weighted by molar-refractivity contribution is -0.125. The van der Waals surface area contributed by atoms with Crippen LogP contribution in [-0.4, -0.2) is 35.8 Å². The molecule has 0 unspecified atom stereocenters. The Hall–Kier alpha value is -3.81. The number of aromatic nitrogens is 2. The third-order valence-electron chi connectivity index (χ3n) is 4.73. The molecule has 0 saturated heterocycles. The minimum Gasteiger partial charge on any atom is -0.497 e. The zero-order valence-corrected chi connectivity index (χ0v) is 16.0. The van der Waals surface area contributed by atoms with Crippen LogP contribution in [0.4, 0.5) is 11.5 Å². The fraction of sp³-hybridized carbons (Fsp3) is 0.190. The molecule has 29 heavy (non-hydrogen) atoms. The lowest BCUT2D eigenvalue weighted by Crippen LogP contribution is -2.35. The number of ether oxygens (including phenoxy) is 2. The number of para-hydroxylation sites is 2. The van der Waals surface area contributed by atoms with E-state index in [9.17, 15) is 9.59 Å². The summed E-state index contributed by atoms with van der Waals surface area (Å²) < 4.78 is 12.0. The Balaban J connectivity index is 1.63. The van der Waals surface area contributed by atoms with Crippen molar-refractivity contribution in [2.45, 2.75) is 12.5 Å². The summed E-state index contributed by atoms with van der Waals surface area (Å²) in [4.78, 5) is 25.1. The van der Waals surface area contributed by atoms with E-state index in [1.807, 2.05) is 30.3 Å². The fourth-order valence-corrected chi connectivity index (χ4v) is 3.25. The van der Waals surface area contributed by atoms with E-state index in [4.69, 9.17) is 9.47 Å². The number of rotatable bonds is 5. The van der Waals surface area contributed by atoms with Crippen molar-refractivity contribution >= 4 is 23.3 Å². The summed E-state index contributed by atoms with van der Waals surface area (Å²) in [5.74, 6) is 1.18. The molecule has 2 aromatic carbocycles. The number of benzene rings is 2. The molecule has 1 aliphatic heterocycles. The summed E-state index contributed by atoms with van der Waals surface area (Å²) in [6.07, 6.45) is -0.00227. The molecule has 1 atom stereocenters. The van der Waals surface area contributed by atoms with E-state index in [-0.39, 0.29) is 18.2 Å². The van der Waals surface area contributed by atoms with Gasteiger partial charge in [-0.15, -0.1) is 0 Å². The molecule has 1 aliphatic rings. The number of hydrogen-bond acceptors (Lipinski definition) is 5. The van der Waals surface area contributed by atoms with E-state index in [0.717, 1.165) is 11.3 Å². The number of hydrogen-bond donors (Lipinski definition) is 2. The molecule has 1 aromatic heterocycles. The Morgan fingerprint density at radius 1 is 1.14 bits per heavy atom. The summed E-state index contributed by atoms with van der Waals surface area (Å²) >= 11 is 0. The summed E-state index contributed by atoms with van der Waals surface area (Å²) in [5, 5.41) is 10.2. The van der Waals surface area contributed by atoms with Gasteiger partial charge in [-0.25, -0.2) is 4.68 Å². The van der Waals surface area contributed by atoms with Crippen molar-refractivity contribution in [3.63, 3.8) is 0 Å². The maximum atomic E-state index is 12.9. The molecule has 0 fully saturated rings. The molecule has 8 nitrogen and oxygen atoms in total. The average molecular weight is 392 g/mol. The molecule has 2 N–H and O–H groups in total. The topological polar surface area (TPSA) is 94.5 Å². The number of nitrogens with zero attached hydrogens (tertiary/aromatic N) is 2. The van der Waals surface area contributed by atoms with Crippen LogP contribution < -0.4 is 20.1 Å².